The number of rotatable bonds is 6. The SMILES string of the molecule is N#Cc1c(CCCNC(=O)c2cccc(C(F)(F)F)c2)nn(-c2ccccc2)c1N. The van der Waals surface area contributed by atoms with E-state index in [2.05, 4.69) is 10.4 Å². The number of para-hydroxylation sites is 1. The number of anilines is 1. The number of carbonyl (C=O) groups is 1. The van der Waals surface area contributed by atoms with Crippen LogP contribution in [0.25, 0.3) is 5.69 Å². The van der Waals surface area contributed by atoms with Crippen molar-refractivity contribution in [3.05, 3.63) is 77.0 Å². The minimum Gasteiger partial charge on any atom is -0.382 e. The van der Waals surface area contributed by atoms with Gasteiger partial charge in [-0.1, -0.05) is 24.3 Å². The number of benzene rings is 2. The van der Waals surface area contributed by atoms with Gasteiger partial charge in [-0.3, -0.25) is 4.79 Å². The molecule has 3 rings (SSSR count). The fourth-order valence-electron chi connectivity index (χ4n) is 2.94. The highest BCUT2D eigenvalue weighted by Gasteiger charge is 2.30. The summed E-state index contributed by atoms with van der Waals surface area (Å²) in [6, 6.07) is 15.4. The third kappa shape index (κ3) is 4.60. The maximum Gasteiger partial charge on any atom is 0.416 e. The molecule has 0 fully saturated rings. The highest BCUT2D eigenvalue weighted by Crippen LogP contribution is 2.29. The second-order valence-corrected chi connectivity index (χ2v) is 6.50. The van der Waals surface area contributed by atoms with Crippen molar-refractivity contribution in [2.24, 2.45) is 0 Å². The summed E-state index contributed by atoms with van der Waals surface area (Å²) < 4.78 is 39.8. The lowest BCUT2D eigenvalue weighted by molar-refractivity contribution is -0.137. The second-order valence-electron chi connectivity index (χ2n) is 6.50. The normalized spacial score (nSPS) is 11.1. The fourth-order valence-corrected chi connectivity index (χ4v) is 2.94. The predicted octanol–water partition coefficient (Wildman–Crippen LogP) is 3.71. The van der Waals surface area contributed by atoms with Crippen LogP contribution in [0.5, 0.6) is 0 Å². The summed E-state index contributed by atoms with van der Waals surface area (Å²) >= 11 is 0. The van der Waals surface area contributed by atoms with Crippen LogP contribution in [0.3, 0.4) is 0 Å². The molecule has 0 radical (unpaired) electrons. The molecule has 3 aromatic rings. The smallest absolute Gasteiger partial charge is 0.382 e. The number of nitrogens with two attached hydrogens (primary N) is 1. The number of hydrogen-bond donors (Lipinski definition) is 2. The number of nitriles is 1. The molecule has 1 heterocycles. The Labute approximate surface area is 170 Å². The van der Waals surface area contributed by atoms with Gasteiger partial charge in [-0.05, 0) is 43.2 Å². The summed E-state index contributed by atoms with van der Waals surface area (Å²) in [5, 5.41) is 16.4. The summed E-state index contributed by atoms with van der Waals surface area (Å²) in [6.45, 7) is 0.206. The Morgan fingerprint density at radius 3 is 2.57 bits per heavy atom. The van der Waals surface area contributed by atoms with Gasteiger partial charge in [0.25, 0.3) is 5.91 Å². The third-order valence-corrected chi connectivity index (χ3v) is 4.43. The maximum absolute atomic E-state index is 12.8. The Bertz CT molecular complexity index is 1080. The number of aromatic nitrogens is 2. The Hall–Kier alpha value is -3.80. The van der Waals surface area contributed by atoms with Crippen molar-refractivity contribution in [3.63, 3.8) is 0 Å². The van der Waals surface area contributed by atoms with E-state index in [1.165, 1.54) is 16.8 Å². The van der Waals surface area contributed by atoms with Crippen molar-refractivity contribution >= 4 is 11.7 Å². The molecule has 154 valence electrons. The molecule has 0 atom stereocenters. The quantitative estimate of drug-likeness (QED) is 0.602. The van der Waals surface area contributed by atoms with Gasteiger partial charge in [0, 0.05) is 12.1 Å². The number of aryl methyl sites for hydroxylation is 1. The van der Waals surface area contributed by atoms with Crippen LogP contribution in [0, 0.1) is 11.3 Å². The van der Waals surface area contributed by atoms with E-state index in [-0.39, 0.29) is 23.5 Å². The molecule has 1 aromatic heterocycles. The highest BCUT2D eigenvalue weighted by molar-refractivity contribution is 5.94. The van der Waals surface area contributed by atoms with E-state index < -0.39 is 17.6 Å². The molecule has 2 aromatic carbocycles. The third-order valence-electron chi connectivity index (χ3n) is 4.43. The molecule has 0 aliphatic heterocycles. The van der Waals surface area contributed by atoms with E-state index in [0.29, 0.717) is 18.5 Å². The summed E-state index contributed by atoms with van der Waals surface area (Å²) in [5.74, 6) is -0.373. The minimum absolute atomic E-state index is 0.0693. The van der Waals surface area contributed by atoms with Crippen LogP contribution in [0.1, 0.15) is 33.6 Å². The van der Waals surface area contributed by atoms with Crippen molar-refractivity contribution in [3.8, 4) is 11.8 Å². The Morgan fingerprint density at radius 2 is 1.90 bits per heavy atom. The van der Waals surface area contributed by atoms with Gasteiger partial charge in [-0.15, -0.1) is 0 Å². The number of nitrogen functional groups attached to an aromatic ring is 1. The van der Waals surface area contributed by atoms with E-state index in [1.807, 2.05) is 36.4 Å². The van der Waals surface area contributed by atoms with Gasteiger partial charge in [-0.2, -0.15) is 23.5 Å². The van der Waals surface area contributed by atoms with Crippen LogP contribution in [0.2, 0.25) is 0 Å². The van der Waals surface area contributed by atoms with Gasteiger partial charge < -0.3 is 11.1 Å². The first-order valence-corrected chi connectivity index (χ1v) is 9.09. The van der Waals surface area contributed by atoms with E-state index in [9.17, 15) is 23.2 Å². The Morgan fingerprint density at radius 1 is 1.17 bits per heavy atom. The van der Waals surface area contributed by atoms with Crippen LogP contribution in [0.15, 0.2) is 54.6 Å². The molecule has 9 heteroatoms. The molecule has 6 nitrogen and oxygen atoms in total. The first-order chi connectivity index (χ1) is 14.3. The largest absolute Gasteiger partial charge is 0.416 e. The average molecular weight is 413 g/mol. The first kappa shape index (κ1) is 20.9. The number of nitrogens with one attached hydrogen (secondary N) is 1. The number of carbonyl (C=O) groups excluding carboxylic acids is 1. The second kappa shape index (κ2) is 8.69. The van der Waals surface area contributed by atoms with Crippen LogP contribution < -0.4 is 11.1 Å². The van der Waals surface area contributed by atoms with E-state index in [0.717, 1.165) is 17.8 Å². The lowest BCUT2D eigenvalue weighted by Gasteiger charge is -2.09. The first-order valence-electron chi connectivity index (χ1n) is 9.09. The molecule has 0 unspecified atom stereocenters. The van der Waals surface area contributed by atoms with Crippen LogP contribution in [-0.4, -0.2) is 22.2 Å². The van der Waals surface area contributed by atoms with Gasteiger partial charge in [0.2, 0.25) is 0 Å². The number of amides is 1. The molecule has 0 bridgehead atoms. The van der Waals surface area contributed by atoms with Crippen molar-refractivity contribution in [1.29, 1.82) is 5.26 Å². The summed E-state index contributed by atoms with van der Waals surface area (Å²) in [4.78, 5) is 12.1. The maximum atomic E-state index is 12.8. The topological polar surface area (TPSA) is 96.7 Å². The molecule has 0 saturated heterocycles. The molecule has 3 N–H and O–H groups in total. The molecule has 0 aliphatic rings. The molecule has 0 spiro atoms. The van der Waals surface area contributed by atoms with E-state index >= 15 is 0 Å². The van der Waals surface area contributed by atoms with E-state index in [4.69, 9.17) is 5.73 Å². The number of alkyl halides is 3. The van der Waals surface area contributed by atoms with Gasteiger partial charge >= 0.3 is 6.18 Å². The average Bonchev–Trinajstić information content (AvgIpc) is 3.06. The summed E-state index contributed by atoms with van der Waals surface area (Å²) in [5.41, 5.74) is 6.57. The van der Waals surface area contributed by atoms with Crippen molar-refractivity contribution in [2.75, 3.05) is 12.3 Å². The molecular formula is C21H18F3N5O. The van der Waals surface area contributed by atoms with Gasteiger partial charge in [0.1, 0.15) is 17.5 Å². The highest BCUT2D eigenvalue weighted by atomic mass is 19.4. The monoisotopic (exact) mass is 413 g/mol. The lowest BCUT2D eigenvalue weighted by atomic mass is 10.1. The zero-order chi connectivity index (χ0) is 21.7. The Balaban J connectivity index is 1.62. The van der Waals surface area contributed by atoms with Gasteiger partial charge in [-0.25, -0.2) is 4.68 Å². The Kier molecular flexibility index (Phi) is 6.06. The molecular weight excluding hydrogens is 395 g/mol. The number of nitrogens with zero attached hydrogens (tertiary/aromatic N) is 3. The zero-order valence-electron chi connectivity index (χ0n) is 15.8. The lowest BCUT2D eigenvalue weighted by Crippen LogP contribution is -2.25. The summed E-state index contributed by atoms with van der Waals surface area (Å²) in [7, 11) is 0. The van der Waals surface area contributed by atoms with E-state index in [1.54, 1.807) is 0 Å². The fraction of sp³-hybridized carbons (Fsp3) is 0.190. The minimum atomic E-state index is -4.51. The standard InChI is InChI=1S/C21H18F3N5O/c22-21(23,24)15-7-4-6-14(12-15)20(30)27-11-5-10-18-17(13-25)19(26)29(28-18)16-8-2-1-3-9-16/h1-4,6-9,12H,5,10-11,26H2,(H,27,30). The van der Waals surface area contributed by atoms with Crippen molar-refractivity contribution in [2.45, 2.75) is 19.0 Å². The van der Waals surface area contributed by atoms with Crippen LogP contribution in [0.4, 0.5) is 19.0 Å². The van der Waals surface area contributed by atoms with Gasteiger partial charge in [0.05, 0.1) is 16.9 Å². The number of halogens is 3. The number of hydrogen-bond acceptors (Lipinski definition) is 4. The molecule has 1 amide bonds. The van der Waals surface area contributed by atoms with Crippen molar-refractivity contribution < 1.29 is 18.0 Å². The molecule has 0 saturated carbocycles. The zero-order valence-corrected chi connectivity index (χ0v) is 15.8. The predicted molar refractivity (Wildman–Crippen MR) is 105 cm³/mol. The molecule has 0 aliphatic carbocycles. The van der Waals surface area contributed by atoms with Crippen LogP contribution >= 0.6 is 0 Å². The van der Waals surface area contributed by atoms with Crippen LogP contribution in [-0.2, 0) is 12.6 Å². The summed E-state index contributed by atoms with van der Waals surface area (Å²) in [6.07, 6.45) is -3.71. The molecule has 30 heavy (non-hydrogen) atoms. The van der Waals surface area contributed by atoms with Gasteiger partial charge in [0.15, 0.2) is 0 Å². The van der Waals surface area contributed by atoms with Crippen molar-refractivity contribution in [1.82, 2.24) is 15.1 Å².